The van der Waals surface area contributed by atoms with Crippen LogP contribution >= 0.6 is 0 Å². The molecule has 1 aliphatic heterocycles. The van der Waals surface area contributed by atoms with Crippen molar-refractivity contribution in [3.05, 3.63) is 17.8 Å². The molecule has 0 atom stereocenters. The summed E-state index contributed by atoms with van der Waals surface area (Å²) in [5, 5.41) is 15.5. The second kappa shape index (κ2) is 4.44. The van der Waals surface area contributed by atoms with Gasteiger partial charge in [-0.3, -0.25) is 0 Å². The number of piperidine rings is 1. The Balaban J connectivity index is 2.40. The fraction of sp³-hybridized carbons (Fsp3) is 0.556. The minimum atomic E-state index is -3.78. The van der Waals surface area contributed by atoms with Gasteiger partial charge in [0.1, 0.15) is 0 Å². The summed E-state index contributed by atoms with van der Waals surface area (Å²) in [6, 6.07) is 1.70. The number of aromatic nitrogens is 2. The molecule has 0 bridgehead atoms. The van der Waals surface area contributed by atoms with E-state index in [1.54, 1.807) is 6.07 Å². The van der Waals surface area contributed by atoms with E-state index in [0.717, 1.165) is 25.9 Å². The summed E-state index contributed by atoms with van der Waals surface area (Å²) in [7, 11) is -3.78. The summed E-state index contributed by atoms with van der Waals surface area (Å²) >= 11 is 0. The van der Waals surface area contributed by atoms with Crippen LogP contribution in [0, 0.1) is 0 Å². The van der Waals surface area contributed by atoms with Crippen LogP contribution in [0.3, 0.4) is 0 Å². The van der Waals surface area contributed by atoms with Gasteiger partial charge in [0.2, 0.25) is 0 Å². The Hall–Kier alpha value is -1.05. The van der Waals surface area contributed by atoms with Crippen LogP contribution in [-0.2, 0) is 10.0 Å². The van der Waals surface area contributed by atoms with E-state index in [2.05, 4.69) is 15.5 Å². The van der Waals surface area contributed by atoms with Gasteiger partial charge in [0.15, 0.2) is 5.03 Å². The van der Waals surface area contributed by atoms with Crippen molar-refractivity contribution in [2.45, 2.75) is 23.8 Å². The first-order valence-electron chi connectivity index (χ1n) is 5.14. The number of sulfonamides is 1. The van der Waals surface area contributed by atoms with Gasteiger partial charge in [-0.2, -0.15) is 5.10 Å². The highest BCUT2D eigenvalue weighted by atomic mass is 32.2. The van der Waals surface area contributed by atoms with Gasteiger partial charge in [-0.1, -0.05) is 0 Å². The fourth-order valence-corrected chi connectivity index (χ4v) is 2.72. The van der Waals surface area contributed by atoms with Crippen molar-refractivity contribution < 1.29 is 8.42 Å². The molecule has 0 radical (unpaired) electrons. The standard InChI is InChI=1S/C9H14N4O2S/c10-16(14,15)9-8(3-6-12-13-9)7-1-4-11-5-2-7/h3,6-7,11H,1-2,4-5H2,(H2,10,14,15). The van der Waals surface area contributed by atoms with Gasteiger partial charge in [0.25, 0.3) is 10.0 Å². The van der Waals surface area contributed by atoms with E-state index in [1.165, 1.54) is 6.20 Å². The Morgan fingerprint density at radius 1 is 1.38 bits per heavy atom. The third kappa shape index (κ3) is 2.37. The number of hydrogen-bond donors (Lipinski definition) is 2. The van der Waals surface area contributed by atoms with Crippen LogP contribution in [0.25, 0.3) is 0 Å². The highest BCUT2D eigenvalue weighted by Gasteiger charge is 2.24. The predicted molar refractivity (Wildman–Crippen MR) is 58.2 cm³/mol. The molecular formula is C9H14N4O2S. The van der Waals surface area contributed by atoms with Crippen molar-refractivity contribution in [1.29, 1.82) is 0 Å². The van der Waals surface area contributed by atoms with Gasteiger partial charge in [0, 0.05) is 6.20 Å². The van der Waals surface area contributed by atoms with E-state index in [0.29, 0.717) is 5.56 Å². The highest BCUT2D eigenvalue weighted by Crippen LogP contribution is 2.28. The molecule has 2 rings (SSSR count). The van der Waals surface area contributed by atoms with Gasteiger partial charge in [-0.25, -0.2) is 13.6 Å². The van der Waals surface area contributed by atoms with E-state index in [9.17, 15) is 8.42 Å². The molecule has 1 aliphatic rings. The molecule has 0 saturated carbocycles. The van der Waals surface area contributed by atoms with Crippen molar-refractivity contribution in [3.8, 4) is 0 Å². The van der Waals surface area contributed by atoms with E-state index >= 15 is 0 Å². The zero-order chi connectivity index (χ0) is 11.6. The molecule has 2 heterocycles. The second-order valence-corrected chi connectivity index (χ2v) is 5.34. The zero-order valence-corrected chi connectivity index (χ0v) is 9.57. The maximum Gasteiger partial charge on any atom is 0.257 e. The summed E-state index contributed by atoms with van der Waals surface area (Å²) in [4.78, 5) is 0. The van der Waals surface area contributed by atoms with Crippen molar-refractivity contribution in [2.24, 2.45) is 5.14 Å². The first kappa shape index (κ1) is 11.4. The first-order valence-corrected chi connectivity index (χ1v) is 6.69. The third-order valence-electron chi connectivity index (χ3n) is 2.76. The Labute approximate surface area is 94.3 Å². The summed E-state index contributed by atoms with van der Waals surface area (Å²) in [6.07, 6.45) is 3.30. The molecule has 7 heteroatoms. The van der Waals surface area contributed by atoms with Crippen LogP contribution < -0.4 is 10.5 Å². The molecule has 0 amide bonds. The number of rotatable bonds is 2. The van der Waals surface area contributed by atoms with E-state index in [1.807, 2.05) is 0 Å². The lowest BCUT2D eigenvalue weighted by Gasteiger charge is -2.23. The molecule has 0 unspecified atom stereocenters. The Morgan fingerprint density at radius 2 is 2.06 bits per heavy atom. The van der Waals surface area contributed by atoms with Crippen molar-refractivity contribution in [3.63, 3.8) is 0 Å². The zero-order valence-electron chi connectivity index (χ0n) is 8.76. The van der Waals surface area contributed by atoms with Crippen molar-refractivity contribution >= 4 is 10.0 Å². The Morgan fingerprint density at radius 3 is 2.69 bits per heavy atom. The average molecular weight is 242 g/mol. The Bertz CT molecular complexity index is 468. The first-order chi connectivity index (χ1) is 7.59. The number of hydrogen-bond acceptors (Lipinski definition) is 5. The minimum absolute atomic E-state index is 0.0816. The topological polar surface area (TPSA) is 98.0 Å². The van der Waals surface area contributed by atoms with Gasteiger partial charge in [-0.05, 0) is 43.5 Å². The molecule has 0 aromatic carbocycles. The molecule has 1 fully saturated rings. The molecule has 88 valence electrons. The van der Waals surface area contributed by atoms with E-state index < -0.39 is 10.0 Å². The van der Waals surface area contributed by atoms with Crippen LogP contribution in [0.15, 0.2) is 17.3 Å². The van der Waals surface area contributed by atoms with Crippen LogP contribution in [-0.4, -0.2) is 31.7 Å². The van der Waals surface area contributed by atoms with Gasteiger partial charge in [0.05, 0.1) is 0 Å². The average Bonchev–Trinajstić information content (AvgIpc) is 2.29. The molecule has 0 spiro atoms. The van der Waals surface area contributed by atoms with Gasteiger partial charge in [-0.15, -0.1) is 5.10 Å². The number of primary sulfonamides is 1. The van der Waals surface area contributed by atoms with Crippen LogP contribution in [0.2, 0.25) is 0 Å². The van der Waals surface area contributed by atoms with Crippen LogP contribution in [0.4, 0.5) is 0 Å². The molecular weight excluding hydrogens is 228 g/mol. The van der Waals surface area contributed by atoms with E-state index in [4.69, 9.17) is 5.14 Å². The number of nitrogens with zero attached hydrogens (tertiary/aromatic N) is 2. The number of nitrogens with one attached hydrogen (secondary N) is 1. The monoisotopic (exact) mass is 242 g/mol. The van der Waals surface area contributed by atoms with Crippen LogP contribution in [0.1, 0.15) is 24.3 Å². The summed E-state index contributed by atoms with van der Waals surface area (Å²) in [5.41, 5.74) is 0.694. The predicted octanol–water partition coefficient (Wildman–Crippen LogP) is -0.409. The SMILES string of the molecule is NS(=O)(=O)c1nnccc1C1CCNCC1. The number of nitrogens with two attached hydrogens (primary N) is 1. The quantitative estimate of drug-likeness (QED) is 0.734. The molecule has 1 aromatic rings. The highest BCUT2D eigenvalue weighted by molar-refractivity contribution is 7.89. The summed E-state index contributed by atoms with van der Waals surface area (Å²) in [5.74, 6) is 0.199. The van der Waals surface area contributed by atoms with Gasteiger partial charge >= 0.3 is 0 Å². The fourth-order valence-electron chi connectivity index (χ4n) is 1.99. The van der Waals surface area contributed by atoms with Gasteiger partial charge < -0.3 is 5.32 Å². The molecule has 0 aliphatic carbocycles. The largest absolute Gasteiger partial charge is 0.317 e. The summed E-state index contributed by atoms with van der Waals surface area (Å²) < 4.78 is 22.7. The molecule has 1 aromatic heterocycles. The maximum atomic E-state index is 11.4. The molecule has 3 N–H and O–H groups in total. The lowest BCUT2D eigenvalue weighted by molar-refractivity contribution is 0.451. The molecule has 1 saturated heterocycles. The Kier molecular flexibility index (Phi) is 3.17. The summed E-state index contributed by atoms with van der Waals surface area (Å²) in [6.45, 7) is 1.77. The minimum Gasteiger partial charge on any atom is -0.317 e. The second-order valence-electron chi connectivity index (χ2n) is 3.86. The van der Waals surface area contributed by atoms with Crippen LogP contribution in [0.5, 0.6) is 0 Å². The smallest absolute Gasteiger partial charge is 0.257 e. The molecule has 6 nitrogen and oxygen atoms in total. The van der Waals surface area contributed by atoms with E-state index in [-0.39, 0.29) is 10.9 Å². The van der Waals surface area contributed by atoms with Crippen molar-refractivity contribution in [2.75, 3.05) is 13.1 Å². The lowest BCUT2D eigenvalue weighted by atomic mass is 9.92. The lowest BCUT2D eigenvalue weighted by Crippen LogP contribution is -2.28. The molecule has 16 heavy (non-hydrogen) atoms. The normalized spacial score (nSPS) is 18.6. The maximum absolute atomic E-state index is 11.4. The third-order valence-corrected chi connectivity index (χ3v) is 3.62. The van der Waals surface area contributed by atoms with Crippen molar-refractivity contribution in [1.82, 2.24) is 15.5 Å².